The minimum Gasteiger partial charge on any atom is -0.482 e. The summed E-state index contributed by atoms with van der Waals surface area (Å²) in [6, 6.07) is 10.8. The number of hydrogen-bond donors (Lipinski definition) is 1. The molecule has 5 nitrogen and oxygen atoms in total. The van der Waals surface area contributed by atoms with Crippen LogP contribution in [0.25, 0.3) is 0 Å². The predicted octanol–water partition coefficient (Wildman–Crippen LogP) is 3.36. The third-order valence-electron chi connectivity index (χ3n) is 4.62. The van der Waals surface area contributed by atoms with Crippen molar-refractivity contribution in [1.82, 2.24) is 0 Å². The molecule has 1 atom stereocenters. The van der Waals surface area contributed by atoms with Crippen molar-refractivity contribution >= 4 is 23.2 Å². The Labute approximate surface area is 147 Å². The second-order valence-electron chi connectivity index (χ2n) is 6.44. The number of fused-ring (bicyclic) bond motifs is 1. The SMILES string of the molecule is Cc1ccc2c(c1)N(C(C)C(=O)Nc1cccc(C)c1C)C(=O)CO2. The van der Waals surface area contributed by atoms with Crippen LogP contribution in [0.1, 0.15) is 23.6 Å². The van der Waals surface area contributed by atoms with Crippen molar-refractivity contribution < 1.29 is 14.3 Å². The number of nitrogens with one attached hydrogen (secondary N) is 1. The molecule has 0 radical (unpaired) electrons. The maximum Gasteiger partial charge on any atom is 0.265 e. The highest BCUT2D eigenvalue weighted by atomic mass is 16.5. The lowest BCUT2D eigenvalue weighted by Crippen LogP contribution is -2.49. The molecule has 1 heterocycles. The van der Waals surface area contributed by atoms with Crippen LogP contribution >= 0.6 is 0 Å². The second kappa shape index (κ2) is 6.59. The first-order chi connectivity index (χ1) is 11.9. The van der Waals surface area contributed by atoms with Gasteiger partial charge in [0.2, 0.25) is 5.91 Å². The normalized spacial score (nSPS) is 14.6. The van der Waals surface area contributed by atoms with Gasteiger partial charge >= 0.3 is 0 Å². The Hall–Kier alpha value is -2.82. The molecule has 2 aromatic carbocycles. The monoisotopic (exact) mass is 338 g/mol. The summed E-state index contributed by atoms with van der Waals surface area (Å²) in [4.78, 5) is 26.7. The topological polar surface area (TPSA) is 58.6 Å². The number of amides is 2. The van der Waals surface area contributed by atoms with Crippen molar-refractivity contribution in [2.45, 2.75) is 33.7 Å². The highest BCUT2D eigenvalue weighted by Gasteiger charge is 2.33. The maximum absolute atomic E-state index is 12.8. The molecule has 0 spiro atoms. The summed E-state index contributed by atoms with van der Waals surface area (Å²) in [5.41, 5.74) is 4.53. The zero-order chi connectivity index (χ0) is 18.1. The van der Waals surface area contributed by atoms with E-state index in [0.717, 1.165) is 22.4 Å². The lowest BCUT2D eigenvalue weighted by Gasteiger charge is -2.33. The summed E-state index contributed by atoms with van der Waals surface area (Å²) >= 11 is 0. The first-order valence-corrected chi connectivity index (χ1v) is 8.31. The van der Waals surface area contributed by atoms with E-state index in [2.05, 4.69) is 5.32 Å². The molecule has 1 N–H and O–H groups in total. The number of rotatable bonds is 3. The van der Waals surface area contributed by atoms with Gasteiger partial charge in [0.1, 0.15) is 11.8 Å². The number of ether oxygens (including phenoxy) is 1. The van der Waals surface area contributed by atoms with E-state index in [4.69, 9.17) is 4.74 Å². The van der Waals surface area contributed by atoms with Crippen LogP contribution in [0.3, 0.4) is 0 Å². The quantitative estimate of drug-likeness (QED) is 0.933. The molecule has 2 aromatic rings. The van der Waals surface area contributed by atoms with Gasteiger partial charge in [0.15, 0.2) is 6.61 Å². The third kappa shape index (κ3) is 3.22. The minimum atomic E-state index is -0.642. The molecule has 0 bridgehead atoms. The van der Waals surface area contributed by atoms with Crippen LogP contribution in [0.15, 0.2) is 36.4 Å². The standard InChI is InChI=1S/C20H22N2O3/c1-12-8-9-18-17(10-12)22(19(23)11-25-18)15(4)20(24)21-16-7-5-6-13(2)14(16)3/h5-10,15H,11H2,1-4H3,(H,21,24). The van der Waals surface area contributed by atoms with E-state index < -0.39 is 6.04 Å². The average molecular weight is 338 g/mol. The van der Waals surface area contributed by atoms with Gasteiger partial charge in [-0.15, -0.1) is 0 Å². The van der Waals surface area contributed by atoms with Gasteiger partial charge in [-0.1, -0.05) is 18.2 Å². The lowest BCUT2D eigenvalue weighted by molar-refractivity contribution is -0.125. The number of nitrogens with zero attached hydrogens (tertiary/aromatic N) is 1. The van der Waals surface area contributed by atoms with Crippen molar-refractivity contribution in [3.05, 3.63) is 53.1 Å². The molecule has 3 rings (SSSR count). The zero-order valence-electron chi connectivity index (χ0n) is 14.9. The summed E-state index contributed by atoms with van der Waals surface area (Å²) in [5.74, 6) is 0.176. The fourth-order valence-electron chi connectivity index (χ4n) is 2.95. The Morgan fingerprint density at radius 2 is 1.96 bits per heavy atom. The van der Waals surface area contributed by atoms with Crippen LogP contribution in [-0.2, 0) is 9.59 Å². The highest BCUT2D eigenvalue weighted by molar-refractivity contribution is 6.07. The number of anilines is 2. The van der Waals surface area contributed by atoms with Gasteiger partial charge in [-0.05, 0) is 62.6 Å². The van der Waals surface area contributed by atoms with Crippen molar-refractivity contribution in [2.75, 3.05) is 16.8 Å². The molecule has 130 valence electrons. The van der Waals surface area contributed by atoms with Crippen molar-refractivity contribution in [3.63, 3.8) is 0 Å². The van der Waals surface area contributed by atoms with Crippen LogP contribution in [0.5, 0.6) is 5.75 Å². The van der Waals surface area contributed by atoms with E-state index >= 15 is 0 Å². The smallest absolute Gasteiger partial charge is 0.265 e. The Balaban J connectivity index is 1.88. The summed E-state index contributed by atoms with van der Waals surface area (Å²) in [6.07, 6.45) is 0. The van der Waals surface area contributed by atoms with Gasteiger partial charge in [-0.2, -0.15) is 0 Å². The van der Waals surface area contributed by atoms with Crippen LogP contribution < -0.4 is 15.0 Å². The molecule has 5 heteroatoms. The zero-order valence-corrected chi connectivity index (χ0v) is 14.9. The largest absolute Gasteiger partial charge is 0.482 e. The molecular formula is C20H22N2O3. The molecule has 0 aliphatic carbocycles. The van der Waals surface area contributed by atoms with E-state index in [9.17, 15) is 9.59 Å². The molecule has 1 aliphatic heterocycles. The summed E-state index contributed by atoms with van der Waals surface area (Å²) in [6.45, 7) is 7.58. The van der Waals surface area contributed by atoms with Crippen LogP contribution in [-0.4, -0.2) is 24.5 Å². The Morgan fingerprint density at radius 1 is 1.20 bits per heavy atom. The number of aryl methyl sites for hydroxylation is 2. The number of carbonyl (C=O) groups is 2. The molecule has 0 aromatic heterocycles. The van der Waals surface area contributed by atoms with Crippen molar-refractivity contribution in [2.24, 2.45) is 0 Å². The van der Waals surface area contributed by atoms with Gasteiger partial charge in [0.05, 0.1) is 5.69 Å². The van der Waals surface area contributed by atoms with Gasteiger partial charge < -0.3 is 10.1 Å². The fourth-order valence-corrected chi connectivity index (χ4v) is 2.95. The molecular weight excluding hydrogens is 316 g/mol. The van der Waals surface area contributed by atoms with Crippen molar-refractivity contribution in [1.29, 1.82) is 0 Å². The summed E-state index contributed by atoms with van der Waals surface area (Å²) < 4.78 is 5.48. The maximum atomic E-state index is 12.8. The summed E-state index contributed by atoms with van der Waals surface area (Å²) in [7, 11) is 0. The van der Waals surface area contributed by atoms with Crippen LogP contribution in [0.2, 0.25) is 0 Å². The van der Waals surface area contributed by atoms with E-state index in [0.29, 0.717) is 11.4 Å². The van der Waals surface area contributed by atoms with Gasteiger partial charge in [0, 0.05) is 5.69 Å². The highest BCUT2D eigenvalue weighted by Crippen LogP contribution is 2.34. The second-order valence-corrected chi connectivity index (χ2v) is 6.44. The Morgan fingerprint density at radius 3 is 2.72 bits per heavy atom. The predicted molar refractivity (Wildman–Crippen MR) is 98.2 cm³/mol. The average Bonchev–Trinajstić information content (AvgIpc) is 2.58. The van der Waals surface area contributed by atoms with Gasteiger partial charge in [-0.3, -0.25) is 14.5 Å². The third-order valence-corrected chi connectivity index (χ3v) is 4.62. The van der Waals surface area contributed by atoms with E-state index in [1.807, 2.05) is 57.2 Å². The molecule has 0 fully saturated rings. The number of carbonyl (C=O) groups excluding carboxylic acids is 2. The lowest BCUT2D eigenvalue weighted by atomic mass is 10.1. The molecule has 1 aliphatic rings. The first kappa shape index (κ1) is 17.0. The molecule has 0 saturated carbocycles. The molecule has 25 heavy (non-hydrogen) atoms. The number of hydrogen-bond acceptors (Lipinski definition) is 3. The van der Waals surface area contributed by atoms with Crippen molar-refractivity contribution in [3.8, 4) is 5.75 Å². The van der Waals surface area contributed by atoms with E-state index in [1.54, 1.807) is 6.92 Å². The van der Waals surface area contributed by atoms with E-state index in [-0.39, 0.29) is 18.4 Å². The Bertz CT molecular complexity index is 845. The molecule has 0 saturated heterocycles. The number of benzene rings is 2. The van der Waals surface area contributed by atoms with Gasteiger partial charge in [-0.25, -0.2) is 0 Å². The summed E-state index contributed by atoms with van der Waals surface area (Å²) in [5, 5.41) is 2.94. The Kier molecular flexibility index (Phi) is 4.49. The van der Waals surface area contributed by atoms with Crippen LogP contribution in [0.4, 0.5) is 11.4 Å². The molecule has 1 unspecified atom stereocenters. The van der Waals surface area contributed by atoms with Crippen LogP contribution in [0, 0.1) is 20.8 Å². The minimum absolute atomic E-state index is 0.0584. The van der Waals surface area contributed by atoms with Gasteiger partial charge in [0.25, 0.3) is 5.91 Å². The van der Waals surface area contributed by atoms with E-state index in [1.165, 1.54) is 4.90 Å². The molecule has 2 amide bonds. The fraction of sp³-hybridized carbons (Fsp3) is 0.300. The first-order valence-electron chi connectivity index (χ1n) is 8.31.